The van der Waals surface area contributed by atoms with Crippen molar-refractivity contribution in [3.8, 4) is 0 Å². The largest absolute Gasteiger partial charge is 0.468 e. The van der Waals surface area contributed by atoms with Gasteiger partial charge in [-0.25, -0.2) is 0 Å². The van der Waals surface area contributed by atoms with Gasteiger partial charge in [0.25, 0.3) is 0 Å². The maximum atomic E-state index is 11.3. The number of furan rings is 1. The van der Waals surface area contributed by atoms with E-state index in [2.05, 4.69) is 10.6 Å². The third-order valence-corrected chi connectivity index (χ3v) is 2.23. The molecule has 16 heavy (non-hydrogen) atoms. The molecule has 1 aromatic rings. The van der Waals surface area contributed by atoms with Crippen LogP contribution in [0, 0.1) is 6.92 Å². The predicted octanol–water partition coefficient (Wildman–Crippen LogP) is 1.59. The number of hydrogen-bond donors (Lipinski definition) is 2. The van der Waals surface area contributed by atoms with Crippen molar-refractivity contribution in [2.45, 2.75) is 39.8 Å². The summed E-state index contributed by atoms with van der Waals surface area (Å²) in [6.07, 6.45) is 2.18. The smallest absolute Gasteiger partial charge is 0.221 e. The lowest BCUT2D eigenvalue weighted by molar-refractivity contribution is -0.121. The number of aryl methyl sites for hydroxylation is 1. The quantitative estimate of drug-likeness (QED) is 0.721. The average Bonchev–Trinajstić information content (AvgIpc) is 2.58. The molecule has 90 valence electrons. The van der Waals surface area contributed by atoms with Crippen molar-refractivity contribution >= 4 is 5.91 Å². The van der Waals surface area contributed by atoms with Crippen LogP contribution in [0.25, 0.3) is 0 Å². The number of carbonyl (C=O) groups excluding carboxylic acids is 1. The van der Waals surface area contributed by atoms with E-state index in [-0.39, 0.29) is 11.9 Å². The first-order valence-corrected chi connectivity index (χ1v) is 5.62. The molecule has 0 fully saturated rings. The van der Waals surface area contributed by atoms with Crippen molar-refractivity contribution in [3.63, 3.8) is 0 Å². The normalized spacial score (nSPS) is 10.8. The molecule has 0 saturated carbocycles. The highest BCUT2D eigenvalue weighted by Gasteiger charge is 2.04. The van der Waals surface area contributed by atoms with Gasteiger partial charge in [0.05, 0.1) is 12.8 Å². The third kappa shape index (κ3) is 4.49. The monoisotopic (exact) mass is 224 g/mol. The van der Waals surface area contributed by atoms with Crippen molar-refractivity contribution in [3.05, 3.63) is 23.7 Å². The van der Waals surface area contributed by atoms with Gasteiger partial charge in [0.1, 0.15) is 5.76 Å². The molecule has 1 rings (SSSR count). The minimum absolute atomic E-state index is 0.0821. The van der Waals surface area contributed by atoms with Crippen LogP contribution >= 0.6 is 0 Å². The van der Waals surface area contributed by atoms with Gasteiger partial charge in [-0.2, -0.15) is 0 Å². The molecule has 4 nitrogen and oxygen atoms in total. The molecule has 1 heterocycles. The van der Waals surface area contributed by atoms with Gasteiger partial charge in [-0.15, -0.1) is 0 Å². The Morgan fingerprint density at radius 2 is 2.25 bits per heavy atom. The Kier molecular flexibility index (Phi) is 5.05. The topological polar surface area (TPSA) is 54.3 Å². The third-order valence-electron chi connectivity index (χ3n) is 2.23. The van der Waals surface area contributed by atoms with E-state index in [1.165, 1.54) is 0 Å². The van der Waals surface area contributed by atoms with Gasteiger partial charge in [0.15, 0.2) is 0 Å². The fourth-order valence-electron chi connectivity index (χ4n) is 1.38. The van der Waals surface area contributed by atoms with Crippen molar-refractivity contribution in [2.75, 3.05) is 6.54 Å². The maximum Gasteiger partial charge on any atom is 0.221 e. The van der Waals surface area contributed by atoms with Crippen LogP contribution in [-0.4, -0.2) is 18.5 Å². The van der Waals surface area contributed by atoms with Crippen LogP contribution in [0.4, 0.5) is 0 Å². The van der Waals surface area contributed by atoms with E-state index in [9.17, 15) is 4.79 Å². The summed E-state index contributed by atoms with van der Waals surface area (Å²) in [6.45, 7) is 7.26. The Hall–Kier alpha value is -1.29. The number of hydrogen-bond acceptors (Lipinski definition) is 3. The van der Waals surface area contributed by atoms with Gasteiger partial charge >= 0.3 is 0 Å². The Morgan fingerprint density at radius 3 is 2.81 bits per heavy atom. The Morgan fingerprint density at radius 1 is 1.50 bits per heavy atom. The number of amides is 1. The van der Waals surface area contributed by atoms with E-state index < -0.39 is 0 Å². The predicted molar refractivity (Wildman–Crippen MR) is 63.0 cm³/mol. The van der Waals surface area contributed by atoms with Crippen LogP contribution in [0.15, 0.2) is 16.7 Å². The summed E-state index contributed by atoms with van der Waals surface area (Å²) in [4.78, 5) is 11.3. The summed E-state index contributed by atoms with van der Waals surface area (Å²) in [7, 11) is 0. The zero-order chi connectivity index (χ0) is 12.0. The first kappa shape index (κ1) is 12.8. The number of rotatable bonds is 6. The van der Waals surface area contributed by atoms with Gasteiger partial charge in [0, 0.05) is 19.0 Å². The molecule has 0 aliphatic heterocycles. The maximum absolute atomic E-state index is 11.3. The summed E-state index contributed by atoms with van der Waals surface area (Å²) in [6, 6.07) is 2.14. The van der Waals surface area contributed by atoms with E-state index in [1.807, 2.05) is 26.8 Å². The summed E-state index contributed by atoms with van der Waals surface area (Å²) in [5.74, 6) is 1.02. The van der Waals surface area contributed by atoms with E-state index in [0.29, 0.717) is 19.5 Å². The standard InChI is InChI=1S/C12H20N2O2/c1-9(2)14-12(15)4-6-13-8-11-10(3)5-7-16-11/h5,7,9,13H,4,6,8H2,1-3H3,(H,14,15). The minimum Gasteiger partial charge on any atom is -0.468 e. The van der Waals surface area contributed by atoms with Crippen LogP contribution in [-0.2, 0) is 11.3 Å². The summed E-state index contributed by atoms with van der Waals surface area (Å²) in [5, 5.41) is 6.02. The van der Waals surface area contributed by atoms with Gasteiger partial charge in [-0.05, 0) is 32.4 Å². The average molecular weight is 224 g/mol. The summed E-state index contributed by atoms with van der Waals surface area (Å²) >= 11 is 0. The molecule has 0 saturated heterocycles. The summed E-state index contributed by atoms with van der Waals surface area (Å²) in [5.41, 5.74) is 1.14. The van der Waals surface area contributed by atoms with Crippen molar-refractivity contribution in [1.29, 1.82) is 0 Å². The molecule has 0 atom stereocenters. The molecule has 0 bridgehead atoms. The molecule has 0 aliphatic carbocycles. The molecule has 1 amide bonds. The second-order valence-electron chi connectivity index (χ2n) is 4.18. The fraction of sp³-hybridized carbons (Fsp3) is 0.583. The van der Waals surface area contributed by atoms with E-state index in [1.54, 1.807) is 6.26 Å². The second kappa shape index (κ2) is 6.33. The fourth-order valence-corrected chi connectivity index (χ4v) is 1.38. The van der Waals surface area contributed by atoms with E-state index >= 15 is 0 Å². The lowest BCUT2D eigenvalue weighted by Crippen LogP contribution is -2.32. The summed E-state index contributed by atoms with van der Waals surface area (Å²) < 4.78 is 5.27. The molecule has 0 aliphatic rings. The van der Waals surface area contributed by atoms with Crippen molar-refractivity contribution in [1.82, 2.24) is 10.6 Å². The molecule has 0 aromatic carbocycles. The molecule has 4 heteroatoms. The van der Waals surface area contributed by atoms with Crippen molar-refractivity contribution in [2.24, 2.45) is 0 Å². The van der Waals surface area contributed by atoms with Gasteiger partial charge in [-0.1, -0.05) is 0 Å². The van der Waals surface area contributed by atoms with Crippen LogP contribution in [0.1, 0.15) is 31.6 Å². The first-order chi connectivity index (χ1) is 7.59. The molecule has 0 unspecified atom stereocenters. The molecular formula is C12H20N2O2. The van der Waals surface area contributed by atoms with Gasteiger partial charge < -0.3 is 15.1 Å². The van der Waals surface area contributed by atoms with Gasteiger partial charge in [-0.3, -0.25) is 4.79 Å². The highest BCUT2D eigenvalue weighted by molar-refractivity contribution is 5.76. The Bertz CT molecular complexity index is 332. The highest BCUT2D eigenvalue weighted by atomic mass is 16.3. The lowest BCUT2D eigenvalue weighted by atomic mass is 10.3. The minimum atomic E-state index is 0.0821. The number of nitrogens with one attached hydrogen (secondary N) is 2. The van der Waals surface area contributed by atoms with Crippen LogP contribution < -0.4 is 10.6 Å². The van der Waals surface area contributed by atoms with E-state index in [4.69, 9.17) is 4.42 Å². The van der Waals surface area contributed by atoms with Crippen LogP contribution in [0.3, 0.4) is 0 Å². The van der Waals surface area contributed by atoms with Crippen LogP contribution in [0.2, 0.25) is 0 Å². The van der Waals surface area contributed by atoms with Gasteiger partial charge in [0.2, 0.25) is 5.91 Å². The van der Waals surface area contributed by atoms with E-state index in [0.717, 1.165) is 11.3 Å². The van der Waals surface area contributed by atoms with Crippen LogP contribution in [0.5, 0.6) is 0 Å². The second-order valence-corrected chi connectivity index (χ2v) is 4.18. The Balaban J connectivity index is 2.13. The lowest BCUT2D eigenvalue weighted by Gasteiger charge is -2.08. The first-order valence-electron chi connectivity index (χ1n) is 5.62. The molecule has 1 aromatic heterocycles. The Labute approximate surface area is 96.4 Å². The zero-order valence-electron chi connectivity index (χ0n) is 10.2. The molecule has 0 radical (unpaired) electrons. The molecule has 2 N–H and O–H groups in total. The zero-order valence-corrected chi connectivity index (χ0v) is 10.2. The molecular weight excluding hydrogens is 204 g/mol. The van der Waals surface area contributed by atoms with Crippen molar-refractivity contribution < 1.29 is 9.21 Å². The molecule has 0 spiro atoms. The highest BCUT2D eigenvalue weighted by Crippen LogP contribution is 2.07. The number of carbonyl (C=O) groups is 1. The SMILES string of the molecule is Cc1ccoc1CNCCC(=O)NC(C)C.